The van der Waals surface area contributed by atoms with Crippen LogP contribution in [0.2, 0.25) is 0 Å². The van der Waals surface area contributed by atoms with Crippen LogP contribution in [-0.2, 0) is 9.53 Å². The molecule has 0 saturated carbocycles. The number of benzene rings is 1. The first-order valence-corrected chi connectivity index (χ1v) is 6.60. The molecule has 0 aromatic heterocycles. The molecule has 0 radical (unpaired) electrons. The second kappa shape index (κ2) is 7.38. The second-order valence-corrected chi connectivity index (χ2v) is 5.10. The minimum atomic E-state index is -0.0416. The molecule has 1 atom stereocenters. The molecule has 0 bridgehead atoms. The summed E-state index contributed by atoms with van der Waals surface area (Å²) in [7, 11) is 1.62. The van der Waals surface area contributed by atoms with Crippen LogP contribution in [0.5, 0.6) is 0 Å². The molecule has 0 aliphatic rings. The van der Waals surface area contributed by atoms with Gasteiger partial charge in [-0.15, -0.1) is 0 Å². The van der Waals surface area contributed by atoms with E-state index in [1.165, 1.54) is 0 Å². The molecule has 100 valence electrons. The van der Waals surface area contributed by atoms with Crippen molar-refractivity contribution >= 4 is 27.5 Å². The fourth-order valence-electron chi connectivity index (χ4n) is 1.55. The number of aryl methyl sites for hydroxylation is 1. The van der Waals surface area contributed by atoms with Gasteiger partial charge in [0.25, 0.3) is 0 Å². The van der Waals surface area contributed by atoms with Crippen LogP contribution >= 0.6 is 15.9 Å². The first kappa shape index (κ1) is 15.0. The SMILES string of the molecule is COCC(C)NC(=O)CNc1ccc(Br)c(C)c1. The predicted molar refractivity (Wildman–Crippen MR) is 76.8 cm³/mol. The summed E-state index contributed by atoms with van der Waals surface area (Å²) < 4.78 is 6.02. The highest BCUT2D eigenvalue weighted by Gasteiger charge is 2.06. The summed E-state index contributed by atoms with van der Waals surface area (Å²) in [6.45, 7) is 4.69. The molecule has 1 unspecified atom stereocenters. The lowest BCUT2D eigenvalue weighted by Gasteiger charge is -2.13. The number of hydrogen-bond donors (Lipinski definition) is 2. The molecule has 0 saturated heterocycles. The summed E-state index contributed by atoms with van der Waals surface area (Å²) in [5.74, 6) is -0.0416. The average Bonchev–Trinajstić information content (AvgIpc) is 2.31. The number of rotatable bonds is 6. The van der Waals surface area contributed by atoms with Crippen molar-refractivity contribution in [2.45, 2.75) is 19.9 Å². The van der Waals surface area contributed by atoms with Gasteiger partial charge in [0.05, 0.1) is 13.2 Å². The highest BCUT2D eigenvalue weighted by atomic mass is 79.9. The predicted octanol–water partition coefficient (Wildman–Crippen LogP) is 2.32. The number of carbonyl (C=O) groups excluding carboxylic acids is 1. The monoisotopic (exact) mass is 314 g/mol. The van der Waals surface area contributed by atoms with Crippen molar-refractivity contribution in [2.24, 2.45) is 0 Å². The second-order valence-electron chi connectivity index (χ2n) is 4.24. The van der Waals surface area contributed by atoms with Crippen LogP contribution in [0.25, 0.3) is 0 Å². The Bertz CT molecular complexity index is 410. The van der Waals surface area contributed by atoms with E-state index in [9.17, 15) is 4.79 Å². The average molecular weight is 315 g/mol. The van der Waals surface area contributed by atoms with E-state index in [1.54, 1.807) is 7.11 Å². The molecule has 18 heavy (non-hydrogen) atoms. The third kappa shape index (κ3) is 5.06. The summed E-state index contributed by atoms with van der Waals surface area (Å²) in [5.41, 5.74) is 2.07. The maximum atomic E-state index is 11.6. The number of amides is 1. The van der Waals surface area contributed by atoms with Gasteiger partial charge in [0.15, 0.2) is 0 Å². The maximum absolute atomic E-state index is 11.6. The Balaban J connectivity index is 2.40. The van der Waals surface area contributed by atoms with Crippen molar-refractivity contribution in [3.8, 4) is 0 Å². The van der Waals surface area contributed by atoms with Crippen LogP contribution in [0, 0.1) is 6.92 Å². The number of methoxy groups -OCH3 is 1. The van der Waals surface area contributed by atoms with Crippen LogP contribution < -0.4 is 10.6 Å². The smallest absolute Gasteiger partial charge is 0.239 e. The summed E-state index contributed by atoms with van der Waals surface area (Å²) in [6, 6.07) is 5.91. The summed E-state index contributed by atoms with van der Waals surface area (Å²) in [4.78, 5) is 11.6. The molecular formula is C13H19BrN2O2. The number of hydrogen-bond acceptors (Lipinski definition) is 3. The van der Waals surface area contributed by atoms with Crippen molar-refractivity contribution in [2.75, 3.05) is 25.6 Å². The largest absolute Gasteiger partial charge is 0.383 e. The van der Waals surface area contributed by atoms with Crippen LogP contribution in [0.3, 0.4) is 0 Å². The van der Waals surface area contributed by atoms with E-state index in [0.717, 1.165) is 15.7 Å². The van der Waals surface area contributed by atoms with E-state index in [4.69, 9.17) is 4.74 Å². The van der Waals surface area contributed by atoms with Gasteiger partial charge >= 0.3 is 0 Å². The van der Waals surface area contributed by atoms with E-state index in [1.807, 2.05) is 32.0 Å². The molecule has 0 heterocycles. The highest BCUT2D eigenvalue weighted by molar-refractivity contribution is 9.10. The number of halogens is 1. The fraction of sp³-hybridized carbons (Fsp3) is 0.462. The number of anilines is 1. The van der Waals surface area contributed by atoms with Crippen LogP contribution in [0.1, 0.15) is 12.5 Å². The van der Waals surface area contributed by atoms with Gasteiger partial charge in [0, 0.05) is 23.3 Å². The third-order valence-corrected chi connectivity index (χ3v) is 3.32. The van der Waals surface area contributed by atoms with Gasteiger partial charge in [-0.1, -0.05) is 15.9 Å². The molecule has 5 heteroatoms. The Morgan fingerprint density at radius 3 is 2.83 bits per heavy atom. The van der Waals surface area contributed by atoms with Crippen molar-refractivity contribution < 1.29 is 9.53 Å². The van der Waals surface area contributed by atoms with Crippen molar-refractivity contribution in [1.82, 2.24) is 5.32 Å². The Kier molecular flexibility index (Phi) is 6.15. The van der Waals surface area contributed by atoms with Gasteiger partial charge < -0.3 is 15.4 Å². The van der Waals surface area contributed by atoms with Gasteiger partial charge in [0.1, 0.15) is 0 Å². The van der Waals surface area contributed by atoms with E-state index >= 15 is 0 Å². The highest BCUT2D eigenvalue weighted by Crippen LogP contribution is 2.19. The van der Waals surface area contributed by atoms with Crippen molar-refractivity contribution in [1.29, 1.82) is 0 Å². The minimum absolute atomic E-state index is 0.0240. The zero-order chi connectivity index (χ0) is 13.5. The first-order valence-electron chi connectivity index (χ1n) is 5.81. The molecule has 1 aromatic carbocycles. The summed E-state index contributed by atoms with van der Waals surface area (Å²) in [6.07, 6.45) is 0. The summed E-state index contributed by atoms with van der Waals surface area (Å²) >= 11 is 3.44. The van der Waals surface area contributed by atoms with E-state index in [0.29, 0.717) is 6.61 Å². The van der Waals surface area contributed by atoms with Gasteiger partial charge in [-0.3, -0.25) is 4.79 Å². The Morgan fingerprint density at radius 1 is 1.50 bits per heavy atom. The molecule has 0 aliphatic carbocycles. The Labute approximate surface area is 116 Å². The molecule has 2 N–H and O–H groups in total. The lowest BCUT2D eigenvalue weighted by atomic mass is 10.2. The van der Waals surface area contributed by atoms with Gasteiger partial charge in [0.2, 0.25) is 5.91 Å². The normalized spacial score (nSPS) is 12.0. The van der Waals surface area contributed by atoms with Crippen LogP contribution in [-0.4, -0.2) is 32.2 Å². The van der Waals surface area contributed by atoms with Crippen LogP contribution in [0.4, 0.5) is 5.69 Å². The van der Waals surface area contributed by atoms with Gasteiger partial charge in [-0.2, -0.15) is 0 Å². The van der Waals surface area contributed by atoms with Gasteiger partial charge in [-0.25, -0.2) is 0 Å². The van der Waals surface area contributed by atoms with Crippen LogP contribution in [0.15, 0.2) is 22.7 Å². The standard InChI is InChI=1S/C13H19BrN2O2/c1-9-6-11(4-5-12(9)14)15-7-13(17)16-10(2)8-18-3/h4-6,10,15H,7-8H2,1-3H3,(H,16,17). The molecule has 4 nitrogen and oxygen atoms in total. The number of nitrogens with one attached hydrogen (secondary N) is 2. The quantitative estimate of drug-likeness (QED) is 0.847. The zero-order valence-corrected chi connectivity index (χ0v) is 12.5. The molecular weight excluding hydrogens is 296 g/mol. The Hall–Kier alpha value is -1.07. The molecule has 1 aromatic rings. The van der Waals surface area contributed by atoms with E-state index in [-0.39, 0.29) is 18.5 Å². The lowest BCUT2D eigenvalue weighted by Crippen LogP contribution is -2.39. The number of carbonyl (C=O) groups is 1. The molecule has 1 amide bonds. The van der Waals surface area contributed by atoms with Gasteiger partial charge in [-0.05, 0) is 37.6 Å². The summed E-state index contributed by atoms with van der Waals surface area (Å²) in [5, 5.41) is 5.93. The Morgan fingerprint density at radius 2 is 2.22 bits per heavy atom. The topological polar surface area (TPSA) is 50.4 Å². The molecule has 0 spiro atoms. The zero-order valence-electron chi connectivity index (χ0n) is 10.9. The lowest BCUT2D eigenvalue weighted by molar-refractivity contribution is -0.120. The number of ether oxygens (including phenoxy) is 1. The van der Waals surface area contributed by atoms with Crippen molar-refractivity contribution in [3.63, 3.8) is 0 Å². The molecule has 0 aliphatic heterocycles. The molecule has 1 rings (SSSR count). The fourth-order valence-corrected chi connectivity index (χ4v) is 1.80. The minimum Gasteiger partial charge on any atom is -0.383 e. The van der Waals surface area contributed by atoms with Crippen molar-refractivity contribution in [3.05, 3.63) is 28.2 Å². The van der Waals surface area contributed by atoms with E-state index in [2.05, 4.69) is 26.6 Å². The first-order chi connectivity index (χ1) is 8.52. The maximum Gasteiger partial charge on any atom is 0.239 e. The molecule has 0 fully saturated rings. The van der Waals surface area contributed by atoms with E-state index < -0.39 is 0 Å². The third-order valence-electron chi connectivity index (χ3n) is 2.44.